The van der Waals surface area contributed by atoms with E-state index in [1.54, 1.807) is 23.5 Å². The van der Waals surface area contributed by atoms with Crippen molar-refractivity contribution < 1.29 is 9.90 Å². The molecule has 146 valence electrons. The lowest BCUT2D eigenvalue weighted by Gasteiger charge is -2.38. The molecule has 3 heterocycles. The van der Waals surface area contributed by atoms with Crippen LogP contribution in [0.4, 0.5) is 0 Å². The average molecular weight is 398 g/mol. The van der Waals surface area contributed by atoms with Crippen molar-refractivity contribution in [3.63, 3.8) is 0 Å². The summed E-state index contributed by atoms with van der Waals surface area (Å²) in [5.74, 6) is 0.125. The Morgan fingerprint density at radius 3 is 2.71 bits per heavy atom. The van der Waals surface area contributed by atoms with Gasteiger partial charge in [0.25, 0.3) is 5.56 Å². The van der Waals surface area contributed by atoms with Crippen LogP contribution in [0.5, 0.6) is 0 Å². The number of likely N-dealkylation sites (tertiary alicyclic amines) is 1. The highest BCUT2D eigenvalue weighted by molar-refractivity contribution is 7.09. The molecule has 1 N–H and O–H groups in total. The molecule has 0 bridgehead atoms. The Morgan fingerprint density at radius 1 is 1.18 bits per heavy atom. The molecule has 4 rings (SSSR count). The Labute approximate surface area is 167 Å². The van der Waals surface area contributed by atoms with Crippen molar-refractivity contribution in [3.05, 3.63) is 63.3 Å². The summed E-state index contributed by atoms with van der Waals surface area (Å²) in [6.45, 7) is 1.21. The maximum absolute atomic E-state index is 12.7. The third-order valence-electron chi connectivity index (χ3n) is 5.41. The maximum Gasteiger partial charge on any atom is 0.261 e. The van der Waals surface area contributed by atoms with E-state index in [-0.39, 0.29) is 18.0 Å². The van der Waals surface area contributed by atoms with Gasteiger partial charge in [-0.3, -0.25) is 14.2 Å². The molecule has 0 radical (unpaired) electrons. The molecule has 1 aromatic carbocycles. The summed E-state index contributed by atoms with van der Waals surface area (Å²) in [7, 11) is 0. The van der Waals surface area contributed by atoms with Gasteiger partial charge < -0.3 is 10.0 Å². The van der Waals surface area contributed by atoms with Crippen LogP contribution >= 0.6 is 11.3 Å². The highest BCUT2D eigenvalue weighted by Crippen LogP contribution is 2.25. The number of para-hydroxylation sites is 1. The lowest BCUT2D eigenvalue weighted by molar-refractivity contribution is -0.135. The monoisotopic (exact) mass is 397 g/mol. The summed E-state index contributed by atoms with van der Waals surface area (Å²) in [5, 5.41) is 13.5. The van der Waals surface area contributed by atoms with E-state index in [9.17, 15) is 14.7 Å². The summed E-state index contributed by atoms with van der Waals surface area (Å²) < 4.78 is 1.48. The van der Waals surface area contributed by atoms with E-state index in [4.69, 9.17) is 0 Å². The van der Waals surface area contributed by atoms with E-state index in [0.717, 1.165) is 6.42 Å². The smallest absolute Gasteiger partial charge is 0.261 e. The summed E-state index contributed by atoms with van der Waals surface area (Å²) in [5.41, 5.74) is -0.492. The number of aryl methyl sites for hydroxylation is 1. The van der Waals surface area contributed by atoms with E-state index in [0.29, 0.717) is 43.3 Å². The number of nitrogens with zero attached hydrogens (tertiary/aromatic N) is 3. The van der Waals surface area contributed by atoms with Gasteiger partial charge in [0.2, 0.25) is 5.91 Å². The van der Waals surface area contributed by atoms with Crippen molar-refractivity contribution in [1.82, 2.24) is 14.5 Å². The molecule has 0 unspecified atom stereocenters. The maximum atomic E-state index is 12.7. The molecule has 0 spiro atoms. The van der Waals surface area contributed by atoms with Gasteiger partial charge in [-0.1, -0.05) is 18.2 Å². The van der Waals surface area contributed by atoms with Crippen molar-refractivity contribution in [2.45, 2.75) is 37.8 Å². The summed E-state index contributed by atoms with van der Waals surface area (Å²) in [6.07, 6.45) is 3.66. The quantitative estimate of drug-likeness (QED) is 0.718. The summed E-state index contributed by atoms with van der Waals surface area (Å²) in [4.78, 5) is 32.5. The normalized spacial score (nSPS) is 16.4. The van der Waals surface area contributed by atoms with Crippen LogP contribution in [0.3, 0.4) is 0 Å². The van der Waals surface area contributed by atoms with Crippen LogP contribution in [0.15, 0.2) is 52.9 Å². The second kappa shape index (κ2) is 7.85. The van der Waals surface area contributed by atoms with E-state index in [2.05, 4.69) is 4.98 Å². The Balaban J connectivity index is 1.38. The molecule has 1 fully saturated rings. The number of piperidine rings is 1. The van der Waals surface area contributed by atoms with Crippen LogP contribution in [0.2, 0.25) is 0 Å². The number of fused-ring (bicyclic) bond motifs is 1. The van der Waals surface area contributed by atoms with Crippen LogP contribution in [0, 0.1) is 0 Å². The minimum absolute atomic E-state index is 0.125. The predicted molar refractivity (Wildman–Crippen MR) is 109 cm³/mol. The third-order valence-corrected chi connectivity index (χ3v) is 6.34. The Kier molecular flexibility index (Phi) is 5.28. The van der Waals surface area contributed by atoms with Gasteiger partial charge in [-0.25, -0.2) is 4.98 Å². The molecule has 3 aromatic rings. The van der Waals surface area contributed by atoms with Gasteiger partial charge in [-0.05, 0) is 42.8 Å². The molecule has 6 nitrogen and oxygen atoms in total. The molecule has 1 saturated heterocycles. The fourth-order valence-electron chi connectivity index (χ4n) is 3.71. The van der Waals surface area contributed by atoms with E-state index >= 15 is 0 Å². The SMILES string of the molecule is O=C(CCc1cccs1)N1CCC(O)(Cn2cnc3ccccc3c2=O)CC1. The number of carbonyl (C=O) groups is 1. The number of aliphatic hydroxyl groups is 1. The molecule has 0 aliphatic carbocycles. The van der Waals surface area contributed by atoms with Crippen molar-refractivity contribution >= 4 is 28.1 Å². The van der Waals surface area contributed by atoms with Crippen LogP contribution < -0.4 is 5.56 Å². The Hall–Kier alpha value is -2.51. The molecule has 28 heavy (non-hydrogen) atoms. The van der Waals surface area contributed by atoms with E-state index < -0.39 is 5.60 Å². The first-order valence-electron chi connectivity index (χ1n) is 9.51. The van der Waals surface area contributed by atoms with Crippen LogP contribution in [-0.2, 0) is 17.8 Å². The second-order valence-corrected chi connectivity index (χ2v) is 8.41. The van der Waals surface area contributed by atoms with Gasteiger partial charge in [-0.15, -0.1) is 11.3 Å². The van der Waals surface area contributed by atoms with Gasteiger partial charge in [0.15, 0.2) is 0 Å². The summed E-state index contributed by atoms with van der Waals surface area (Å²) >= 11 is 1.67. The number of rotatable bonds is 5. The molecule has 1 aliphatic rings. The number of aromatic nitrogens is 2. The molecular formula is C21H23N3O3S. The van der Waals surface area contributed by atoms with E-state index in [1.807, 2.05) is 34.5 Å². The zero-order valence-electron chi connectivity index (χ0n) is 15.6. The highest BCUT2D eigenvalue weighted by Gasteiger charge is 2.34. The van der Waals surface area contributed by atoms with Crippen molar-refractivity contribution in [3.8, 4) is 0 Å². The first-order chi connectivity index (χ1) is 13.5. The second-order valence-electron chi connectivity index (χ2n) is 7.38. The van der Waals surface area contributed by atoms with Crippen molar-refractivity contribution in [1.29, 1.82) is 0 Å². The van der Waals surface area contributed by atoms with Gasteiger partial charge in [0, 0.05) is 24.4 Å². The largest absolute Gasteiger partial charge is 0.388 e. The fraction of sp³-hybridized carbons (Fsp3) is 0.381. The molecule has 7 heteroatoms. The van der Waals surface area contributed by atoms with Gasteiger partial charge in [0.05, 0.1) is 29.4 Å². The van der Waals surface area contributed by atoms with Crippen LogP contribution in [0.25, 0.3) is 10.9 Å². The lowest BCUT2D eigenvalue weighted by atomic mass is 9.91. The van der Waals surface area contributed by atoms with E-state index in [1.165, 1.54) is 15.8 Å². The molecule has 0 saturated carbocycles. The topological polar surface area (TPSA) is 75.4 Å². The first kappa shape index (κ1) is 18.8. The summed E-state index contributed by atoms with van der Waals surface area (Å²) in [6, 6.07) is 11.2. The number of benzene rings is 1. The number of hydrogen-bond acceptors (Lipinski definition) is 5. The number of amides is 1. The first-order valence-corrected chi connectivity index (χ1v) is 10.4. The predicted octanol–water partition coefficient (Wildman–Crippen LogP) is 2.44. The highest BCUT2D eigenvalue weighted by atomic mass is 32.1. The number of thiophene rings is 1. The van der Waals surface area contributed by atoms with Gasteiger partial charge in [0.1, 0.15) is 0 Å². The van der Waals surface area contributed by atoms with Crippen molar-refractivity contribution in [2.75, 3.05) is 13.1 Å². The fourth-order valence-corrected chi connectivity index (χ4v) is 4.42. The molecule has 1 aliphatic heterocycles. The van der Waals surface area contributed by atoms with Crippen LogP contribution in [-0.4, -0.2) is 44.2 Å². The number of carbonyl (C=O) groups excluding carboxylic acids is 1. The molecule has 0 atom stereocenters. The van der Waals surface area contributed by atoms with Gasteiger partial charge in [-0.2, -0.15) is 0 Å². The zero-order chi connectivity index (χ0) is 19.6. The standard InChI is InChI=1S/C21H23N3O3S/c25-19(8-7-16-4-3-13-28-16)23-11-9-21(27,10-12-23)14-24-15-22-18-6-2-1-5-17(18)20(24)26/h1-6,13,15,27H,7-12,14H2. The minimum Gasteiger partial charge on any atom is -0.388 e. The molecule has 2 aromatic heterocycles. The van der Waals surface area contributed by atoms with Crippen LogP contribution in [0.1, 0.15) is 24.1 Å². The number of hydrogen-bond donors (Lipinski definition) is 1. The van der Waals surface area contributed by atoms with Gasteiger partial charge >= 0.3 is 0 Å². The average Bonchev–Trinajstić information content (AvgIpc) is 3.23. The minimum atomic E-state index is -1.00. The molecular weight excluding hydrogens is 374 g/mol. The lowest BCUT2D eigenvalue weighted by Crippen LogP contribution is -2.49. The van der Waals surface area contributed by atoms with Crippen molar-refractivity contribution in [2.24, 2.45) is 0 Å². The molecule has 1 amide bonds. The third kappa shape index (κ3) is 4.00. The Bertz CT molecular complexity index is 1020. The Morgan fingerprint density at radius 2 is 1.96 bits per heavy atom. The zero-order valence-corrected chi connectivity index (χ0v) is 16.4.